The molecular weight excluding hydrogens is 276 g/mol. The first-order valence-corrected chi connectivity index (χ1v) is 7.59. The van der Waals surface area contributed by atoms with Crippen molar-refractivity contribution in [2.45, 2.75) is 27.2 Å². The van der Waals surface area contributed by atoms with Crippen molar-refractivity contribution >= 4 is 33.2 Å². The molecule has 0 fully saturated rings. The number of carbonyl (C=O) groups is 1. The molecule has 0 aliphatic rings. The fourth-order valence-corrected chi connectivity index (χ4v) is 2.13. The van der Waals surface area contributed by atoms with Gasteiger partial charge in [0.1, 0.15) is 0 Å². The molecule has 0 aromatic rings. The minimum absolute atomic E-state index is 0.105. The molecule has 0 bridgehead atoms. The number of thiocarbonyl (C=S) groups is 1. The molecule has 0 atom stereocenters. The second-order valence-corrected chi connectivity index (χ2v) is 6.81. The molecule has 8 heteroatoms. The van der Waals surface area contributed by atoms with Crippen molar-refractivity contribution in [1.82, 2.24) is 4.72 Å². The normalized spacial score (nSPS) is 12.2. The predicted octanol–water partition coefficient (Wildman–Crippen LogP) is 0.171. The summed E-state index contributed by atoms with van der Waals surface area (Å²) in [4.78, 5) is 11.3. The van der Waals surface area contributed by atoms with Crippen LogP contribution in [0.2, 0.25) is 0 Å². The van der Waals surface area contributed by atoms with Gasteiger partial charge in [-0.15, -0.1) is 0 Å². The molecule has 0 amide bonds. The molecule has 18 heavy (non-hydrogen) atoms. The highest BCUT2D eigenvalue weighted by Gasteiger charge is 2.24. The fraction of sp³-hybridized carbons (Fsp3) is 0.800. The molecule has 0 saturated heterocycles. The third-order valence-electron chi connectivity index (χ3n) is 2.28. The summed E-state index contributed by atoms with van der Waals surface area (Å²) in [6.07, 6.45) is -0.170. The molecule has 0 aromatic heterocycles. The lowest BCUT2D eigenvalue weighted by atomic mass is 9.94. The molecule has 0 aliphatic heterocycles. The topological polar surface area (TPSA) is 98.5 Å². The standard InChI is InChI=1S/C10H20N2O4S2/c1-4-16-8(13)5-6-18(14,15)12-7-10(2,3)9(11)17/h12H,4-7H2,1-3H3,(H2,11,17). The molecule has 6 nitrogen and oxygen atoms in total. The average molecular weight is 296 g/mol. The van der Waals surface area contributed by atoms with E-state index in [9.17, 15) is 13.2 Å². The van der Waals surface area contributed by atoms with Gasteiger partial charge in [-0.25, -0.2) is 13.1 Å². The Kier molecular flexibility index (Phi) is 6.72. The van der Waals surface area contributed by atoms with Gasteiger partial charge in [0, 0.05) is 12.0 Å². The molecule has 106 valence electrons. The summed E-state index contributed by atoms with van der Waals surface area (Å²) in [5, 5.41) is 0. The van der Waals surface area contributed by atoms with Crippen LogP contribution < -0.4 is 10.5 Å². The summed E-state index contributed by atoms with van der Waals surface area (Å²) in [5.74, 6) is -0.837. The van der Waals surface area contributed by atoms with E-state index in [4.69, 9.17) is 18.0 Å². The van der Waals surface area contributed by atoms with E-state index >= 15 is 0 Å². The quantitative estimate of drug-likeness (QED) is 0.489. The second kappa shape index (κ2) is 7.01. The number of nitrogens with one attached hydrogen (secondary N) is 1. The smallest absolute Gasteiger partial charge is 0.306 e. The van der Waals surface area contributed by atoms with E-state index in [0.717, 1.165) is 0 Å². The summed E-state index contributed by atoms with van der Waals surface area (Å²) in [6.45, 7) is 5.48. The van der Waals surface area contributed by atoms with Crippen molar-refractivity contribution in [2.75, 3.05) is 18.9 Å². The molecule has 0 radical (unpaired) electrons. The van der Waals surface area contributed by atoms with E-state index in [0.29, 0.717) is 0 Å². The van der Waals surface area contributed by atoms with Crippen LogP contribution in [0.1, 0.15) is 27.2 Å². The van der Waals surface area contributed by atoms with Gasteiger partial charge >= 0.3 is 5.97 Å². The number of esters is 1. The third kappa shape index (κ3) is 6.87. The van der Waals surface area contributed by atoms with Gasteiger partial charge < -0.3 is 10.5 Å². The highest BCUT2D eigenvalue weighted by atomic mass is 32.2. The van der Waals surface area contributed by atoms with Crippen LogP contribution in [0.15, 0.2) is 0 Å². The summed E-state index contributed by atoms with van der Waals surface area (Å²) >= 11 is 4.83. The van der Waals surface area contributed by atoms with Crippen molar-refractivity contribution in [3.8, 4) is 0 Å². The van der Waals surface area contributed by atoms with E-state index in [1.165, 1.54) is 0 Å². The van der Waals surface area contributed by atoms with Gasteiger partial charge in [0.25, 0.3) is 0 Å². The molecular formula is C10H20N2O4S2. The minimum atomic E-state index is -3.53. The van der Waals surface area contributed by atoms with Crippen LogP contribution in [-0.4, -0.2) is 38.3 Å². The monoisotopic (exact) mass is 296 g/mol. The number of hydrogen-bond acceptors (Lipinski definition) is 5. The zero-order valence-electron chi connectivity index (χ0n) is 10.9. The number of hydrogen-bond donors (Lipinski definition) is 2. The Hall–Kier alpha value is -0.730. The zero-order chi connectivity index (χ0) is 14.4. The number of ether oxygens (including phenoxy) is 1. The predicted molar refractivity (Wildman–Crippen MR) is 73.6 cm³/mol. The lowest BCUT2D eigenvalue weighted by molar-refractivity contribution is -0.142. The van der Waals surface area contributed by atoms with Crippen molar-refractivity contribution in [1.29, 1.82) is 0 Å². The SMILES string of the molecule is CCOC(=O)CCS(=O)(=O)NCC(C)(C)C(N)=S. The Morgan fingerprint density at radius 2 is 2.00 bits per heavy atom. The summed E-state index contributed by atoms with van der Waals surface area (Å²) in [5.41, 5.74) is 4.88. The maximum atomic E-state index is 11.6. The maximum absolute atomic E-state index is 11.6. The van der Waals surface area contributed by atoms with Gasteiger partial charge in [0.2, 0.25) is 10.0 Å². The van der Waals surface area contributed by atoms with Crippen LogP contribution in [0.4, 0.5) is 0 Å². The van der Waals surface area contributed by atoms with Crippen molar-refractivity contribution in [3.63, 3.8) is 0 Å². The van der Waals surface area contributed by atoms with E-state index in [1.807, 2.05) is 0 Å². The van der Waals surface area contributed by atoms with E-state index in [2.05, 4.69) is 9.46 Å². The van der Waals surface area contributed by atoms with Crippen LogP contribution in [0.25, 0.3) is 0 Å². The van der Waals surface area contributed by atoms with E-state index in [1.54, 1.807) is 20.8 Å². The Morgan fingerprint density at radius 3 is 2.44 bits per heavy atom. The van der Waals surface area contributed by atoms with Gasteiger partial charge in [0.15, 0.2) is 0 Å². The Labute approximate surface area is 113 Å². The van der Waals surface area contributed by atoms with Gasteiger partial charge in [-0.3, -0.25) is 4.79 Å². The van der Waals surface area contributed by atoms with Crippen molar-refractivity contribution in [2.24, 2.45) is 11.1 Å². The molecule has 0 aromatic carbocycles. The Bertz CT molecular complexity index is 404. The van der Waals surface area contributed by atoms with Gasteiger partial charge in [0.05, 0.1) is 23.8 Å². The number of sulfonamides is 1. The fourth-order valence-electron chi connectivity index (χ4n) is 0.901. The molecule has 0 aliphatic carbocycles. The highest BCUT2D eigenvalue weighted by Crippen LogP contribution is 2.14. The van der Waals surface area contributed by atoms with Gasteiger partial charge in [-0.1, -0.05) is 26.1 Å². The Balaban J connectivity index is 4.25. The zero-order valence-corrected chi connectivity index (χ0v) is 12.5. The molecule has 0 unspecified atom stereocenters. The average Bonchev–Trinajstić information content (AvgIpc) is 2.25. The number of rotatable bonds is 8. The first-order chi connectivity index (χ1) is 8.10. The molecule has 0 spiro atoms. The maximum Gasteiger partial charge on any atom is 0.306 e. The minimum Gasteiger partial charge on any atom is -0.466 e. The van der Waals surface area contributed by atoms with Crippen molar-refractivity contribution < 1.29 is 17.9 Å². The lowest BCUT2D eigenvalue weighted by Crippen LogP contribution is -2.42. The molecule has 3 N–H and O–H groups in total. The summed E-state index contributed by atoms with van der Waals surface area (Å²) in [7, 11) is -3.53. The first-order valence-electron chi connectivity index (χ1n) is 5.53. The van der Waals surface area contributed by atoms with Crippen LogP contribution in [0.3, 0.4) is 0 Å². The van der Waals surface area contributed by atoms with E-state index < -0.39 is 21.4 Å². The largest absolute Gasteiger partial charge is 0.466 e. The molecule has 0 rings (SSSR count). The van der Waals surface area contributed by atoms with Crippen LogP contribution in [-0.2, 0) is 19.6 Å². The highest BCUT2D eigenvalue weighted by molar-refractivity contribution is 7.89. The number of nitrogens with two attached hydrogens (primary N) is 1. The van der Waals surface area contributed by atoms with Crippen LogP contribution in [0, 0.1) is 5.41 Å². The van der Waals surface area contributed by atoms with Gasteiger partial charge in [-0.05, 0) is 6.92 Å². The Morgan fingerprint density at radius 1 is 1.44 bits per heavy atom. The second-order valence-electron chi connectivity index (χ2n) is 4.44. The van der Waals surface area contributed by atoms with Gasteiger partial charge in [-0.2, -0.15) is 0 Å². The first kappa shape index (κ1) is 17.3. The summed E-state index contributed by atoms with van der Waals surface area (Å²) < 4.78 is 30.2. The lowest BCUT2D eigenvalue weighted by Gasteiger charge is -2.23. The number of carbonyl (C=O) groups excluding carboxylic acids is 1. The molecule has 0 heterocycles. The van der Waals surface area contributed by atoms with Crippen molar-refractivity contribution in [3.05, 3.63) is 0 Å². The summed E-state index contributed by atoms with van der Waals surface area (Å²) in [6, 6.07) is 0. The van der Waals surface area contributed by atoms with E-state index in [-0.39, 0.29) is 30.3 Å². The van der Waals surface area contributed by atoms with Crippen LogP contribution in [0.5, 0.6) is 0 Å². The third-order valence-corrected chi connectivity index (χ3v) is 4.16. The molecule has 0 saturated carbocycles. The van der Waals surface area contributed by atoms with Crippen LogP contribution >= 0.6 is 12.2 Å².